The van der Waals surface area contributed by atoms with E-state index >= 15 is 0 Å². The summed E-state index contributed by atoms with van der Waals surface area (Å²) in [6.45, 7) is 3.70. The van der Waals surface area contributed by atoms with Gasteiger partial charge >= 0.3 is 0 Å². The predicted molar refractivity (Wildman–Crippen MR) is 99.1 cm³/mol. The van der Waals surface area contributed by atoms with Gasteiger partial charge in [-0.15, -0.1) is 0 Å². The Morgan fingerprint density at radius 1 is 0.731 bits per heavy atom. The van der Waals surface area contributed by atoms with Gasteiger partial charge in [-0.3, -0.25) is 4.79 Å². The lowest BCUT2D eigenvalue weighted by atomic mass is 10.1. The predicted octanol–water partition coefficient (Wildman–Crippen LogP) is 2.38. The van der Waals surface area contributed by atoms with Crippen molar-refractivity contribution in [2.75, 3.05) is 26.2 Å². The van der Waals surface area contributed by atoms with Gasteiger partial charge < -0.3 is 20.1 Å². The highest BCUT2D eigenvalue weighted by molar-refractivity contribution is 6.22. The van der Waals surface area contributed by atoms with E-state index in [1.54, 1.807) is 0 Å². The Hall–Kier alpha value is -2.37. The molecular formula is C21H22N2O3. The van der Waals surface area contributed by atoms with Crippen molar-refractivity contribution in [2.24, 2.45) is 0 Å². The van der Waals surface area contributed by atoms with Gasteiger partial charge in [-0.1, -0.05) is 0 Å². The molecule has 5 heteroatoms. The average Bonchev–Trinajstić information content (AvgIpc) is 3.39. The lowest BCUT2D eigenvalue weighted by molar-refractivity contribution is 0.104. The van der Waals surface area contributed by atoms with Crippen molar-refractivity contribution in [2.45, 2.75) is 25.0 Å². The first kappa shape index (κ1) is 15.9. The maximum absolute atomic E-state index is 12.9. The molecule has 2 saturated heterocycles. The van der Waals surface area contributed by atoms with Crippen LogP contribution in [-0.2, 0) is 0 Å². The van der Waals surface area contributed by atoms with E-state index in [1.807, 2.05) is 36.4 Å². The molecule has 134 valence electrons. The molecule has 0 unspecified atom stereocenters. The van der Waals surface area contributed by atoms with E-state index in [9.17, 15) is 4.79 Å². The quantitative estimate of drug-likeness (QED) is 0.757. The number of nitrogens with one attached hydrogen (secondary N) is 2. The van der Waals surface area contributed by atoms with Crippen molar-refractivity contribution < 1.29 is 14.3 Å². The molecule has 2 atom stereocenters. The SMILES string of the molecule is O=C1c2cc(O[C@H]3CCNC3)ccc2-c2ccc(O[C@H]3CCNC3)cc21. The first-order chi connectivity index (χ1) is 12.8. The Balaban J connectivity index is 1.40. The first-order valence-electron chi connectivity index (χ1n) is 9.36. The lowest BCUT2D eigenvalue weighted by Crippen LogP contribution is -2.19. The number of ether oxygens (including phenoxy) is 2. The Morgan fingerprint density at radius 3 is 1.65 bits per heavy atom. The van der Waals surface area contributed by atoms with Crippen molar-refractivity contribution in [3.05, 3.63) is 47.5 Å². The van der Waals surface area contributed by atoms with Crippen LogP contribution in [0.5, 0.6) is 11.5 Å². The minimum absolute atomic E-state index is 0.0555. The number of rotatable bonds is 4. The molecule has 2 heterocycles. The monoisotopic (exact) mass is 350 g/mol. The smallest absolute Gasteiger partial charge is 0.194 e. The summed E-state index contributed by atoms with van der Waals surface area (Å²) in [6.07, 6.45) is 2.38. The molecule has 26 heavy (non-hydrogen) atoms. The molecule has 0 radical (unpaired) electrons. The second-order valence-corrected chi connectivity index (χ2v) is 7.21. The molecule has 0 bridgehead atoms. The standard InChI is InChI=1S/C21H22N2O3/c24-21-19-9-13(25-15-5-7-22-11-15)1-3-17(19)18-4-2-14(10-20(18)21)26-16-6-8-23-12-16/h1-4,9-10,15-16,22-23H,5-8,11-12H2/t15-,16-/m0/s1. The van der Waals surface area contributed by atoms with Crippen LogP contribution in [-0.4, -0.2) is 44.2 Å². The Bertz CT molecular complexity index is 783. The van der Waals surface area contributed by atoms with Crippen LogP contribution in [0.25, 0.3) is 11.1 Å². The van der Waals surface area contributed by atoms with Crippen molar-refractivity contribution in [3.8, 4) is 22.6 Å². The maximum Gasteiger partial charge on any atom is 0.194 e. The summed E-state index contributed by atoms with van der Waals surface area (Å²) in [7, 11) is 0. The fourth-order valence-corrected chi connectivity index (χ4v) is 4.03. The largest absolute Gasteiger partial charge is 0.489 e. The summed E-state index contributed by atoms with van der Waals surface area (Å²) >= 11 is 0. The molecule has 1 aliphatic carbocycles. The van der Waals surface area contributed by atoms with Crippen LogP contribution < -0.4 is 20.1 Å². The van der Waals surface area contributed by atoms with Crippen molar-refractivity contribution >= 4 is 5.78 Å². The summed E-state index contributed by atoms with van der Waals surface area (Å²) in [5, 5.41) is 6.59. The molecular weight excluding hydrogens is 328 g/mol. The molecule has 0 saturated carbocycles. The molecule has 2 aromatic rings. The number of fused-ring (bicyclic) bond motifs is 3. The third-order valence-corrected chi connectivity index (χ3v) is 5.40. The van der Waals surface area contributed by atoms with Gasteiger partial charge in [0.1, 0.15) is 23.7 Å². The molecule has 3 aliphatic rings. The first-order valence-corrected chi connectivity index (χ1v) is 9.36. The third-order valence-electron chi connectivity index (χ3n) is 5.40. The van der Waals surface area contributed by atoms with E-state index in [4.69, 9.17) is 9.47 Å². The second kappa shape index (κ2) is 6.41. The molecule has 2 N–H and O–H groups in total. The maximum atomic E-state index is 12.9. The van der Waals surface area contributed by atoms with Gasteiger partial charge in [-0.05, 0) is 73.5 Å². The lowest BCUT2D eigenvalue weighted by Gasteiger charge is -2.13. The number of ketones is 1. The van der Waals surface area contributed by atoms with Gasteiger partial charge in [0.15, 0.2) is 5.78 Å². The van der Waals surface area contributed by atoms with Crippen LogP contribution in [0.1, 0.15) is 28.8 Å². The molecule has 5 nitrogen and oxygen atoms in total. The molecule has 2 aliphatic heterocycles. The fourth-order valence-electron chi connectivity index (χ4n) is 4.03. The molecule has 0 amide bonds. The van der Waals surface area contributed by atoms with Crippen LogP contribution in [0, 0.1) is 0 Å². The topological polar surface area (TPSA) is 59.6 Å². The van der Waals surface area contributed by atoms with E-state index in [0.29, 0.717) is 0 Å². The third kappa shape index (κ3) is 2.77. The fraction of sp³-hybridized carbons (Fsp3) is 0.381. The van der Waals surface area contributed by atoms with E-state index in [1.165, 1.54) is 0 Å². The van der Waals surface area contributed by atoms with E-state index < -0.39 is 0 Å². The molecule has 0 aromatic heterocycles. The van der Waals surface area contributed by atoms with Crippen molar-refractivity contribution in [3.63, 3.8) is 0 Å². The summed E-state index contributed by atoms with van der Waals surface area (Å²) < 4.78 is 12.0. The summed E-state index contributed by atoms with van der Waals surface area (Å²) in [5.74, 6) is 1.60. The zero-order valence-corrected chi connectivity index (χ0v) is 14.6. The van der Waals surface area contributed by atoms with E-state index in [2.05, 4.69) is 10.6 Å². The normalized spacial score (nSPS) is 23.8. The zero-order valence-electron chi connectivity index (χ0n) is 14.6. The minimum atomic E-state index is 0.0555. The van der Waals surface area contributed by atoms with Gasteiger partial charge in [0.25, 0.3) is 0 Å². The number of hydrogen-bond acceptors (Lipinski definition) is 5. The highest BCUT2D eigenvalue weighted by Gasteiger charge is 2.28. The summed E-state index contributed by atoms with van der Waals surface area (Å²) in [6, 6.07) is 11.7. The number of hydrogen-bond donors (Lipinski definition) is 2. The average molecular weight is 350 g/mol. The number of carbonyl (C=O) groups is 1. The highest BCUT2D eigenvalue weighted by atomic mass is 16.5. The number of carbonyl (C=O) groups excluding carboxylic acids is 1. The van der Waals surface area contributed by atoms with Gasteiger partial charge in [0, 0.05) is 24.2 Å². The van der Waals surface area contributed by atoms with Crippen LogP contribution in [0.15, 0.2) is 36.4 Å². The molecule has 5 rings (SSSR count). The van der Waals surface area contributed by atoms with Crippen molar-refractivity contribution in [1.29, 1.82) is 0 Å². The molecule has 0 spiro atoms. The highest BCUT2D eigenvalue weighted by Crippen LogP contribution is 2.40. The van der Waals surface area contributed by atoms with Gasteiger partial charge in [0.05, 0.1) is 0 Å². The van der Waals surface area contributed by atoms with Crippen molar-refractivity contribution in [1.82, 2.24) is 10.6 Å². The Labute approximate surface area is 152 Å². The van der Waals surface area contributed by atoms with Gasteiger partial charge in [-0.25, -0.2) is 0 Å². The van der Waals surface area contributed by atoms with Gasteiger partial charge in [-0.2, -0.15) is 0 Å². The van der Waals surface area contributed by atoms with Gasteiger partial charge in [0.2, 0.25) is 0 Å². The van der Waals surface area contributed by atoms with Crippen LogP contribution >= 0.6 is 0 Å². The second-order valence-electron chi connectivity index (χ2n) is 7.21. The van der Waals surface area contributed by atoms with E-state index in [-0.39, 0.29) is 18.0 Å². The number of benzene rings is 2. The Kier molecular flexibility index (Phi) is 3.91. The van der Waals surface area contributed by atoms with Crippen LogP contribution in [0.3, 0.4) is 0 Å². The van der Waals surface area contributed by atoms with Crippen LogP contribution in [0.4, 0.5) is 0 Å². The zero-order chi connectivity index (χ0) is 17.5. The van der Waals surface area contributed by atoms with Crippen LogP contribution in [0.2, 0.25) is 0 Å². The summed E-state index contributed by atoms with van der Waals surface area (Å²) in [5.41, 5.74) is 3.42. The summed E-state index contributed by atoms with van der Waals surface area (Å²) in [4.78, 5) is 12.9. The Morgan fingerprint density at radius 2 is 1.23 bits per heavy atom. The minimum Gasteiger partial charge on any atom is -0.489 e. The molecule has 2 aromatic carbocycles. The molecule has 2 fully saturated rings. The van der Waals surface area contributed by atoms with E-state index in [0.717, 1.165) is 72.8 Å².